The van der Waals surface area contributed by atoms with E-state index in [2.05, 4.69) is 11.9 Å². The predicted molar refractivity (Wildman–Crippen MR) is 59.8 cm³/mol. The first kappa shape index (κ1) is 12.4. The standard InChI is InChI=1S/C10H11BFNO3/c1-3-9(14)13-7-4-6(2)10(12)8(5-7)11(15)16/h3-5,15-16H,1H2,2H3,(H,13,14). The number of hydrogen-bond donors (Lipinski definition) is 3. The van der Waals surface area contributed by atoms with Gasteiger partial charge in [0.05, 0.1) is 0 Å². The van der Waals surface area contributed by atoms with Crippen molar-refractivity contribution < 1.29 is 19.2 Å². The van der Waals surface area contributed by atoms with Gasteiger partial charge >= 0.3 is 7.12 Å². The molecule has 0 aliphatic rings. The highest BCUT2D eigenvalue weighted by molar-refractivity contribution is 6.58. The van der Waals surface area contributed by atoms with Crippen LogP contribution < -0.4 is 10.8 Å². The van der Waals surface area contributed by atoms with E-state index in [-0.39, 0.29) is 16.7 Å². The molecular formula is C10H11BFNO3. The van der Waals surface area contributed by atoms with Crippen LogP contribution in [-0.4, -0.2) is 23.1 Å². The van der Waals surface area contributed by atoms with Crippen molar-refractivity contribution in [3.05, 3.63) is 36.2 Å². The number of anilines is 1. The molecule has 1 rings (SSSR count). The van der Waals surface area contributed by atoms with Crippen LogP contribution in [0.3, 0.4) is 0 Å². The smallest absolute Gasteiger partial charge is 0.423 e. The molecule has 0 bridgehead atoms. The van der Waals surface area contributed by atoms with E-state index in [0.717, 1.165) is 12.1 Å². The number of carbonyl (C=O) groups is 1. The zero-order valence-corrected chi connectivity index (χ0v) is 8.70. The Morgan fingerprint density at radius 1 is 1.56 bits per heavy atom. The minimum Gasteiger partial charge on any atom is -0.423 e. The van der Waals surface area contributed by atoms with E-state index in [1.165, 1.54) is 13.0 Å². The van der Waals surface area contributed by atoms with Gasteiger partial charge in [-0.05, 0) is 30.7 Å². The van der Waals surface area contributed by atoms with Gasteiger partial charge in [0.2, 0.25) is 5.91 Å². The van der Waals surface area contributed by atoms with Gasteiger partial charge in [-0.2, -0.15) is 0 Å². The third kappa shape index (κ3) is 2.68. The second kappa shape index (κ2) is 4.91. The first-order valence-electron chi connectivity index (χ1n) is 4.55. The summed E-state index contributed by atoms with van der Waals surface area (Å²) in [5.74, 6) is -1.16. The second-order valence-electron chi connectivity index (χ2n) is 3.26. The van der Waals surface area contributed by atoms with Gasteiger partial charge in [-0.3, -0.25) is 4.79 Å². The molecule has 1 aromatic rings. The zero-order chi connectivity index (χ0) is 12.3. The number of nitrogens with one attached hydrogen (secondary N) is 1. The molecule has 0 aromatic heterocycles. The summed E-state index contributed by atoms with van der Waals surface area (Å²) in [4.78, 5) is 11.0. The molecule has 0 saturated carbocycles. The van der Waals surface area contributed by atoms with E-state index >= 15 is 0 Å². The van der Waals surface area contributed by atoms with Crippen LogP contribution in [0.25, 0.3) is 0 Å². The monoisotopic (exact) mass is 223 g/mol. The molecule has 0 fully saturated rings. The molecule has 6 heteroatoms. The zero-order valence-electron chi connectivity index (χ0n) is 8.70. The molecule has 0 spiro atoms. The average Bonchev–Trinajstić information content (AvgIpc) is 2.22. The Bertz CT molecular complexity index is 434. The van der Waals surface area contributed by atoms with Gasteiger partial charge in [0, 0.05) is 11.2 Å². The van der Waals surface area contributed by atoms with Crippen LogP contribution in [0, 0.1) is 12.7 Å². The van der Waals surface area contributed by atoms with Crippen molar-refractivity contribution in [2.24, 2.45) is 0 Å². The lowest BCUT2D eigenvalue weighted by Crippen LogP contribution is -2.33. The molecule has 1 amide bonds. The summed E-state index contributed by atoms with van der Waals surface area (Å²) >= 11 is 0. The molecule has 4 nitrogen and oxygen atoms in total. The lowest BCUT2D eigenvalue weighted by molar-refractivity contribution is -0.111. The van der Waals surface area contributed by atoms with Crippen LogP contribution in [0.1, 0.15) is 5.56 Å². The minimum atomic E-state index is -1.92. The van der Waals surface area contributed by atoms with E-state index in [1.54, 1.807) is 0 Å². The minimum absolute atomic E-state index is 0.213. The second-order valence-corrected chi connectivity index (χ2v) is 3.26. The van der Waals surface area contributed by atoms with Gasteiger partial charge in [-0.15, -0.1) is 0 Å². The normalized spacial score (nSPS) is 9.75. The molecule has 0 aliphatic heterocycles. The van der Waals surface area contributed by atoms with Crippen LogP contribution in [0.2, 0.25) is 0 Å². The molecule has 0 heterocycles. The summed E-state index contributed by atoms with van der Waals surface area (Å²) in [5, 5.41) is 20.3. The molecule has 84 valence electrons. The Labute approximate surface area is 92.6 Å². The van der Waals surface area contributed by atoms with Crippen molar-refractivity contribution in [3.63, 3.8) is 0 Å². The van der Waals surface area contributed by atoms with E-state index in [0.29, 0.717) is 0 Å². The lowest BCUT2D eigenvalue weighted by atomic mass is 9.78. The highest BCUT2D eigenvalue weighted by atomic mass is 19.1. The summed E-state index contributed by atoms with van der Waals surface area (Å²) in [6, 6.07) is 2.55. The molecule has 3 N–H and O–H groups in total. The van der Waals surface area contributed by atoms with Crippen molar-refractivity contribution in [1.29, 1.82) is 0 Å². The summed E-state index contributed by atoms with van der Waals surface area (Å²) in [6.45, 7) is 4.73. The van der Waals surface area contributed by atoms with Gasteiger partial charge in [-0.25, -0.2) is 4.39 Å². The van der Waals surface area contributed by atoms with Gasteiger partial charge < -0.3 is 15.4 Å². The third-order valence-corrected chi connectivity index (χ3v) is 2.01. The predicted octanol–water partition coefficient (Wildman–Crippen LogP) is -0.0616. The Kier molecular flexibility index (Phi) is 3.81. The fraction of sp³-hybridized carbons (Fsp3) is 0.100. The first-order valence-corrected chi connectivity index (χ1v) is 4.55. The number of hydrogen-bond acceptors (Lipinski definition) is 3. The topological polar surface area (TPSA) is 69.6 Å². The van der Waals surface area contributed by atoms with Gasteiger partial charge in [0.1, 0.15) is 5.82 Å². The Hall–Kier alpha value is -1.66. The third-order valence-electron chi connectivity index (χ3n) is 2.01. The highest BCUT2D eigenvalue weighted by Crippen LogP contribution is 2.12. The van der Waals surface area contributed by atoms with Crippen molar-refractivity contribution in [1.82, 2.24) is 0 Å². The number of benzene rings is 1. The van der Waals surface area contributed by atoms with Crippen molar-refractivity contribution in [2.45, 2.75) is 6.92 Å². The van der Waals surface area contributed by atoms with Crippen LogP contribution in [0.15, 0.2) is 24.8 Å². The molecule has 0 aliphatic carbocycles. The van der Waals surface area contributed by atoms with E-state index in [9.17, 15) is 9.18 Å². The maximum absolute atomic E-state index is 13.4. The van der Waals surface area contributed by atoms with E-state index in [4.69, 9.17) is 10.0 Å². The van der Waals surface area contributed by atoms with E-state index < -0.39 is 18.8 Å². The number of aryl methyl sites for hydroxylation is 1. The summed E-state index contributed by atoms with van der Waals surface area (Å²) in [7, 11) is -1.92. The summed E-state index contributed by atoms with van der Waals surface area (Å²) in [6.07, 6.45) is 1.06. The number of halogens is 1. The lowest BCUT2D eigenvalue weighted by Gasteiger charge is -2.09. The van der Waals surface area contributed by atoms with Crippen molar-refractivity contribution >= 4 is 24.2 Å². The largest absolute Gasteiger partial charge is 0.491 e. The van der Waals surface area contributed by atoms with Gasteiger partial charge in [0.15, 0.2) is 0 Å². The molecular weight excluding hydrogens is 212 g/mol. The van der Waals surface area contributed by atoms with Gasteiger partial charge in [-0.1, -0.05) is 6.58 Å². The summed E-state index contributed by atoms with van der Waals surface area (Å²) < 4.78 is 13.4. The average molecular weight is 223 g/mol. The molecule has 1 aromatic carbocycles. The van der Waals surface area contributed by atoms with Crippen LogP contribution >= 0.6 is 0 Å². The number of carbonyl (C=O) groups excluding carboxylic acids is 1. The molecule has 0 saturated heterocycles. The van der Waals surface area contributed by atoms with Crippen molar-refractivity contribution in [3.8, 4) is 0 Å². The first-order chi connectivity index (χ1) is 7.45. The molecule has 0 atom stereocenters. The summed E-state index contributed by atoms with van der Waals surface area (Å²) in [5.41, 5.74) is 0.219. The molecule has 0 radical (unpaired) electrons. The molecule has 0 unspecified atom stereocenters. The van der Waals surface area contributed by atoms with Crippen LogP contribution in [-0.2, 0) is 4.79 Å². The van der Waals surface area contributed by atoms with Crippen LogP contribution in [0.5, 0.6) is 0 Å². The maximum atomic E-state index is 13.4. The SMILES string of the molecule is C=CC(=O)Nc1cc(C)c(F)c(B(O)O)c1. The fourth-order valence-electron chi connectivity index (χ4n) is 1.25. The quantitative estimate of drug-likeness (QED) is 0.496. The number of rotatable bonds is 3. The Morgan fingerprint density at radius 2 is 2.19 bits per heavy atom. The van der Waals surface area contributed by atoms with Crippen molar-refractivity contribution in [2.75, 3.05) is 5.32 Å². The number of amides is 1. The maximum Gasteiger partial charge on any atom is 0.491 e. The molecule has 16 heavy (non-hydrogen) atoms. The van der Waals surface area contributed by atoms with E-state index in [1.807, 2.05) is 0 Å². The fourth-order valence-corrected chi connectivity index (χ4v) is 1.25. The Balaban J connectivity index is 3.13. The Morgan fingerprint density at radius 3 is 2.69 bits per heavy atom. The highest BCUT2D eigenvalue weighted by Gasteiger charge is 2.19. The van der Waals surface area contributed by atoms with Crippen LogP contribution in [0.4, 0.5) is 10.1 Å². The van der Waals surface area contributed by atoms with Gasteiger partial charge in [0.25, 0.3) is 0 Å².